The maximum atomic E-state index is 13.7. The molecule has 33 heavy (non-hydrogen) atoms. The second-order valence-electron chi connectivity index (χ2n) is 8.87. The fourth-order valence-electron chi connectivity index (χ4n) is 4.70. The van der Waals surface area contributed by atoms with E-state index in [1.165, 1.54) is 0 Å². The van der Waals surface area contributed by atoms with Gasteiger partial charge in [-0.3, -0.25) is 14.6 Å². The van der Waals surface area contributed by atoms with Crippen LogP contribution in [0.3, 0.4) is 0 Å². The number of hydrogen-bond acceptors (Lipinski definition) is 5. The maximum absolute atomic E-state index is 13.7. The van der Waals surface area contributed by atoms with Crippen molar-refractivity contribution in [3.8, 4) is 6.07 Å². The summed E-state index contributed by atoms with van der Waals surface area (Å²) in [6.45, 7) is 1.52. The first kappa shape index (κ1) is 23.0. The quantitative estimate of drug-likeness (QED) is 0.652. The number of aromatic nitrogens is 1. The van der Waals surface area contributed by atoms with E-state index in [4.69, 9.17) is 0 Å². The highest BCUT2D eigenvalue weighted by Gasteiger charge is 2.45. The standard InChI is InChI=1S/C24H25F3N4O2/c25-24(26,27)18-11-16(12-19(32)5-7-22(33)30-9-2-10-30)14-31(15-18)21-6-4-17(13-28)23-20(21)3-1-8-29-23/h1,3-4,6,8,16,18H,2,5,7,9-12,14-15H2. The molecule has 2 atom stereocenters. The minimum absolute atomic E-state index is 0.0167. The Balaban J connectivity index is 1.52. The van der Waals surface area contributed by atoms with E-state index < -0.39 is 18.0 Å². The number of amides is 1. The molecule has 2 unspecified atom stereocenters. The number of benzene rings is 1. The van der Waals surface area contributed by atoms with Gasteiger partial charge in [-0.1, -0.05) is 0 Å². The minimum Gasteiger partial charge on any atom is -0.370 e. The Bertz CT molecular complexity index is 1090. The van der Waals surface area contributed by atoms with Crippen molar-refractivity contribution < 1.29 is 22.8 Å². The SMILES string of the molecule is N#Cc1ccc(N2CC(CC(=O)CCC(=O)N3CCC3)CC(C(F)(F)F)C2)c2cccnc12. The first-order valence-corrected chi connectivity index (χ1v) is 11.1. The molecule has 0 aliphatic carbocycles. The van der Waals surface area contributed by atoms with Crippen molar-refractivity contribution in [2.45, 2.75) is 38.3 Å². The molecular weight excluding hydrogens is 433 g/mol. The van der Waals surface area contributed by atoms with E-state index in [1.807, 2.05) is 0 Å². The van der Waals surface area contributed by atoms with Gasteiger partial charge in [0.2, 0.25) is 5.91 Å². The van der Waals surface area contributed by atoms with E-state index in [1.54, 1.807) is 40.3 Å². The smallest absolute Gasteiger partial charge is 0.370 e. The Morgan fingerprint density at radius 2 is 1.94 bits per heavy atom. The van der Waals surface area contributed by atoms with Crippen LogP contribution >= 0.6 is 0 Å². The van der Waals surface area contributed by atoms with Gasteiger partial charge in [-0.05, 0) is 43.0 Å². The molecule has 1 aromatic heterocycles. The van der Waals surface area contributed by atoms with E-state index in [9.17, 15) is 28.0 Å². The summed E-state index contributed by atoms with van der Waals surface area (Å²) in [6.07, 6.45) is -1.79. The Morgan fingerprint density at radius 1 is 1.15 bits per heavy atom. The van der Waals surface area contributed by atoms with Gasteiger partial charge >= 0.3 is 6.18 Å². The van der Waals surface area contributed by atoms with Crippen molar-refractivity contribution in [3.63, 3.8) is 0 Å². The molecule has 4 rings (SSSR count). The number of pyridine rings is 1. The summed E-state index contributed by atoms with van der Waals surface area (Å²) in [5.41, 5.74) is 1.39. The average molecular weight is 458 g/mol. The lowest BCUT2D eigenvalue weighted by molar-refractivity contribution is -0.179. The molecule has 0 saturated carbocycles. The number of likely N-dealkylation sites (tertiary alicyclic amines) is 1. The summed E-state index contributed by atoms with van der Waals surface area (Å²) in [6, 6.07) is 8.74. The van der Waals surface area contributed by atoms with Crippen molar-refractivity contribution in [2.24, 2.45) is 11.8 Å². The molecule has 2 aromatic rings. The summed E-state index contributed by atoms with van der Waals surface area (Å²) in [5, 5.41) is 9.97. The number of piperidine rings is 1. The van der Waals surface area contributed by atoms with Gasteiger partial charge in [0.05, 0.1) is 17.0 Å². The summed E-state index contributed by atoms with van der Waals surface area (Å²) in [7, 11) is 0. The zero-order chi connectivity index (χ0) is 23.6. The Morgan fingerprint density at radius 3 is 2.61 bits per heavy atom. The molecule has 6 nitrogen and oxygen atoms in total. The van der Waals surface area contributed by atoms with Crippen molar-refractivity contribution in [2.75, 3.05) is 31.1 Å². The molecule has 2 aliphatic rings. The number of nitriles is 1. The molecule has 3 heterocycles. The number of halogens is 3. The molecule has 0 radical (unpaired) electrons. The van der Waals surface area contributed by atoms with E-state index in [0.717, 1.165) is 6.42 Å². The highest BCUT2D eigenvalue weighted by Crippen LogP contribution is 2.40. The van der Waals surface area contributed by atoms with Gasteiger partial charge in [0.15, 0.2) is 0 Å². The van der Waals surface area contributed by atoms with Crippen molar-refractivity contribution >= 4 is 28.3 Å². The third-order valence-electron chi connectivity index (χ3n) is 6.55. The van der Waals surface area contributed by atoms with Gasteiger partial charge in [-0.15, -0.1) is 0 Å². The van der Waals surface area contributed by atoms with Crippen LogP contribution in [0.15, 0.2) is 30.5 Å². The molecule has 0 N–H and O–H groups in total. The Kier molecular flexibility index (Phi) is 6.54. The first-order valence-electron chi connectivity index (χ1n) is 11.1. The summed E-state index contributed by atoms with van der Waals surface area (Å²) in [5.74, 6) is -2.28. The Labute approximate surface area is 190 Å². The molecule has 2 fully saturated rings. The molecule has 0 bridgehead atoms. The largest absolute Gasteiger partial charge is 0.393 e. The highest BCUT2D eigenvalue weighted by atomic mass is 19.4. The van der Waals surface area contributed by atoms with Gasteiger partial charge in [0.25, 0.3) is 0 Å². The molecule has 9 heteroatoms. The molecule has 2 saturated heterocycles. The second kappa shape index (κ2) is 9.38. The van der Waals surface area contributed by atoms with Crippen LogP contribution < -0.4 is 4.90 Å². The number of ketones is 1. The normalized spacial score (nSPS) is 20.9. The molecule has 2 aliphatic heterocycles. The number of carbonyl (C=O) groups is 2. The predicted molar refractivity (Wildman–Crippen MR) is 116 cm³/mol. The van der Waals surface area contributed by atoms with E-state index in [2.05, 4.69) is 11.1 Å². The number of rotatable bonds is 6. The molecule has 1 aromatic carbocycles. The lowest BCUT2D eigenvalue weighted by atomic mass is 9.84. The lowest BCUT2D eigenvalue weighted by Gasteiger charge is -2.40. The highest BCUT2D eigenvalue weighted by molar-refractivity contribution is 5.95. The van der Waals surface area contributed by atoms with Crippen molar-refractivity contribution in [1.29, 1.82) is 5.26 Å². The van der Waals surface area contributed by atoms with Crippen LogP contribution in [0.5, 0.6) is 0 Å². The van der Waals surface area contributed by atoms with Crippen LogP contribution in [0.1, 0.15) is 37.7 Å². The number of alkyl halides is 3. The van der Waals surface area contributed by atoms with Gasteiger partial charge < -0.3 is 9.80 Å². The maximum Gasteiger partial charge on any atom is 0.393 e. The van der Waals surface area contributed by atoms with Crippen LogP contribution in [0, 0.1) is 23.2 Å². The van der Waals surface area contributed by atoms with E-state index in [-0.39, 0.29) is 43.9 Å². The Hall–Kier alpha value is -3.15. The van der Waals surface area contributed by atoms with Crippen LogP contribution in [0.2, 0.25) is 0 Å². The lowest BCUT2D eigenvalue weighted by Crippen LogP contribution is -2.46. The molecular formula is C24H25F3N4O2. The monoisotopic (exact) mass is 458 g/mol. The number of nitrogens with zero attached hydrogens (tertiary/aromatic N) is 4. The zero-order valence-electron chi connectivity index (χ0n) is 18.1. The summed E-state index contributed by atoms with van der Waals surface area (Å²) in [4.78, 5) is 32.1. The number of carbonyl (C=O) groups excluding carboxylic acids is 2. The van der Waals surface area contributed by atoms with Crippen LogP contribution in [-0.4, -0.2) is 53.9 Å². The fraction of sp³-hybridized carbons (Fsp3) is 0.500. The fourth-order valence-corrected chi connectivity index (χ4v) is 4.70. The van der Waals surface area contributed by atoms with Crippen molar-refractivity contribution in [1.82, 2.24) is 9.88 Å². The van der Waals surface area contributed by atoms with Crippen LogP contribution in [-0.2, 0) is 9.59 Å². The third kappa shape index (κ3) is 5.10. The van der Waals surface area contributed by atoms with Gasteiger partial charge in [0, 0.05) is 62.7 Å². The van der Waals surface area contributed by atoms with Crippen LogP contribution in [0.4, 0.5) is 18.9 Å². The van der Waals surface area contributed by atoms with E-state index >= 15 is 0 Å². The molecule has 174 valence electrons. The molecule has 0 spiro atoms. The van der Waals surface area contributed by atoms with E-state index in [0.29, 0.717) is 41.8 Å². The van der Waals surface area contributed by atoms with Gasteiger partial charge in [-0.25, -0.2) is 0 Å². The number of fused-ring (bicyclic) bond motifs is 1. The number of Topliss-reactive ketones (excluding diaryl/α,β-unsaturated/α-hetero) is 1. The van der Waals surface area contributed by atoms with Crippen molar-refractivity contribution in [3.05, 3.63) is 36.0 Å². The topological polar surface area (TPSA) is 77.3 Å². The number of anilines is 1. The minimum atomic E-state index is -4.38. The zero-order valence-corrected chi connectivity index (χ0v) is 18.1. The summed E-state index contributed by atoms with van der Waals surface area (Å²) < 4.78 is 41.2. The van der Waals surface area contributed by atoms with Gasteiger partial charge in [0.1, 0.15) is 11.9 Å². The predicted octanol–water partition coefficient (Wildman–Crippen LogP) is 4.08. The van der Waals surface area contributed by atoms with Crippen LogP contribution in [0.25, 0.3) is 10.9 Å². The number of hydrogen-bond donors (Lipinski definition) is 0. The summed E-state index contributed by atoms with van der Waals surface area (Å²) >= 11 is 0. The molecule has 1 amide bonds. The van der Waals surface area contributed by atoms with Gasteiger partial charge in [-0.2, -0.15) is 18.4 Å². The average Bonchev–Trinajstić information content (AvgIpc) is 2.75. The first-order chi connectivity index (χ1) is 15.8. The second-order valence-corrected chi connectivity index (χ2v) is 8.87. The third-order valence-corrected chi connectivity index (χ3v) is 6.55.